The predicted octanol–water partition coefficient (Wildman–Crippen LogP) is 3.13. The van der Waals surface area contributed by atoms with Gasteiger partial charge in [-0.3, -0.25) is 9.80 Å². The van der Waals surface area contributed by atoms with E-state index in [-0.39, 0.29) is 11.9 Å². The first kappa shape index (κ1) is 14.3. The van der Waals surface area contributed by atoms with Gasteiger partial charge < -0.3 is 5.32 Å². The van der Waals surface area contributed by atoms with Crippen LogP contribution < -0.4 is 10.3 Å². The van der Waals surface area contributed by atoms with E-state index in [1.807, 2.05) is 60.5 Å². The van der Waals surface area contributed by atoms with Gasteiger partial charge in [-0.05, 0) is 24.6 Å². The van der Waals surface area contributed by atoms with Crippen molar-refractivity contribution in [2.24, 2.45) is 5.10 Å². The molecule has 0 spiro atoms. The third-order valence-electron chi connectivity index (χ3n) is 3.71. The van der Waals surface area contributed by atoms with Gasteiger partial charge in [0.05, 0.1) is 11.7 Å². The summed E-state index contributed by atoms with van der Waals surface area (Å²) in [6.07, 6.45) is 0.616. The molecule has 1 amide bonds. The quantitative estimate of drug-likeness (QED) is 0.941. The van der Waals surface area contributed by atoms with E-state index < -0.39 is 0 Å². The molecule has 4 heteroatoms. The fourth-order valence-electron chi connectivity index (χ4n) is 2.66. The lowest BCUT2D eigenvalue weighted by Gasteiger charge is -2.23. The zero-order valence-electron chi connectivity index (χ0n) is 12.6. The summed E-state index contributed by atoms with van der Waals surface area (Å²) in [6.45, 7) is 2.52. The van der Waals surface area contributed by atoms with Gasteiger partial charge >= 0.3 is 0 Å². The number of carbonyl (C=O) groups excluding carboxylic acids is 1. The molecule has 4 nitrogen and oxygen atoms in total. The Hall–Kier alpha value is -2.62. The SMILES string of the molecule is CCNC(=O)C1=NN(c2ccccc2)[C@@H](c2ccccc2)C1. The van der Waals surface area contributed by atoms with E-state index in [1.165, 1.54) is 0 Å². The second-order valence-electron chi connectivity index (χ2n) is 5.22. The molecule has 0 saturated heterocycles. The molecule has 2 aromatic carbocycles. The molecule has 1 aliphatic rings. The van der Waals surface area contributed by atoms with E-state index in [2.05, 4.69) is 22.6 Å². The van der Waals surface area contributed by atoms with Gasteiger partial charge in [0.15, 0.2) is 0 Å². The van der Waals surface area contributed by atoms with E-state index in [0.717, 1.165) is 11.3 Å². The summed E-state index contributed by atoms with van der Waals surface area (Å²) in [4.78, 5) is 12.1. The van der Waals surface area contributed by atoms with Crippen molar-refractivity contribution in [3.8, 4) is 0 Å². The Balaban J connectivity index is 1.94. The van der Waals surface area contributed by atoms with E-state index >= 15 is 0 Å². The molecule has 0 radical (unpaired) electrons. The number of para-hydroxylation sites is 1. The van der Waals surface area contributed by atoms with Gasteiger partial charge in [-0.25, -0.2) is 0 Å². The Labute approximate surface area is 130 Å². The fraction of sp³-hybridized carbons (Fsp3) is 0.222. The highest BCUT2D eigenvalue weighted by Crippen LogP contribution is 2.34. The highest BCUT2D eigenvalue weighted by molar-refractivity contribution is 6.39. The lowest BCUT2D eigenvalue weighted by atomic mass is 10.0. The highest BCUT2D eigenvalue weighted by atomic mass is 16.2. The van der Waals surface area contributed by atoms with Crippen LogP contribution in [0.15, 0.2) is 65.8 Å². The third kappa shape index (κ3) is 2.86. The lowest BCUT2D eigenvalue weighted by Crippen LogP contribution is -2.29. The van der Waals surface area contributed by atoms with Crippen LogP contribution >= 0.6 is 0 Å². The first-order chi connectivity index (χ1) is 10.8. The molecule has 112 valence electrons. The molecule has 1 heterocycles. The van der Waals surface area contributed by atoms with Gasteiger partial charge in [0, 0.05) is 13.0 Å². The smallest absolute Gasteiger partial charge is 0.267 e. The topological polar surface area (TPSA) is 44.7 Å². The van der Waals surface area contributed by atoms with Gasteiger partial charge in [-0.15, -0.1) is 0 Å². The summed E-state index contributed by atoms with van der Waals surface area (Å²) < 4.78 is 0. The van der Waals surface area contributed by atoms with E-state index in [0.29, 0.717) is 18.7 Å². The molecular weight excluding hydrogens is 274 g/mol. The summed E-state index contributed by atoms with van der Waals surface area (Å²) in [5.74, 6) is -0.0816. The Kier molecular flexibility index (Phi) is 4.19. The van der Waals surface area contributed by atoms with Gasteiger partial charge in [0.25, 0.3) is 5.91 Å². The Morgan fingerprint density at radius 3 is 2.41 bits per heavy atom. The minimum absolute atomic E-state index is 0.0567. The number of nitrogens with one attached hydrogen (secondary N) is 1. The maximum absolute atomic E-state index is 12.1. The first-order valence-corrected chi connectivity index (χ1v) is 7.54. The normalized spacial score (nSPS) is 17.2. The van der Waals surface area contributed by atoms with Gasteiger partial charge in [0.1, 0.15) is 5.71 Å². The minimum Gasteiger partial charge on any atom is -0.351 e. The van der Waals surface area contributed by atoms with Crippen LogP contribution in [0, 0.1) is 0 Å². The van der Waals surface area contributed by atoms with Crippen LogP contribution in [0.5, 0.6) is 0 Å². The lowest BCUT2D eigenvalue weighted by molar-refractivity contribution is -0.114. The molecule has 0 saturated carbocycles. The number of nitrogens with zero attached hydrogens (tertiary/aromatic N) is 2. The predicted molar refractivity (Wildman–Crippen MR) is 88.8 cm³/mol. The fourth-order valence-corrected chi connectivity index (χ4v) is 2.66. The van der Waals surface area contributed by atoms with Crippen molar-refractivity contribution in [2.75, 3.05) is 11.6 Å². The number of anilines is 1. The standard InChI is InChI=1S/C18H19N3O/c1-2-19-18(22)16-13-17(14-9-5-3-6-10-14)21(20-16)15-11-7-4-8-12-15/h3-12,17H,2,13H2,1H3,(H,19,22)/t17-/m1/s1. The largest absolute Gasteiger partial charge is 0.351 e. The van der Waals surface area contributed by atoms with Crippen LogP contribution in [-0.4, -0.2) is 18.2 Å². The highest BCUT2D eigenvalue weighted by Gasteiger charge is 2.31. The Morgan fingerprint density at radius 1 is 1.14 bits per heavy atom. The summed E-state index contributed by atoms with van der Waals surface area (Å²) in [5.41, 5.74) is 2.74. The first-order valence-electron chi connectivity index (χ1n) is 7.54. The molecule has 0 aliphatic carbocycles. The molecular formula is C18H19N3O. The van der Waals surface area contributed by atoms with Crippen molar-refractivity contribution >= 4 is 17.3 Å². The van der Waals surface area contributed by atoms with E-state index in [9.17, 15) is 4.79 Å². The van der Waals surface area contributed by atoms with Crippen molar-refractivity contribution in [1.29, 1.82) is 0 Å². The van der Waals surface area contributed by atoms with Gasteiger partial charge in [-0.2, -0.15) is 5.10 Å². The summed E-state index contributed by atoms with van der Waals surface area (Å²) in [5, 5.41) is 9.35. The number of benzene rings is 2. The third-order valence-corrected chi connectivity index (χ3v) is 3.71. The summed E-state index contributed by atoms with van der Waals surface area (Å²) in [7, 11) is 0. The van der Waals surface area contributed by atoms with Crippen LogP contribution in [0.1, 0.15) is 24.9 Å². The number of hydrazone groups is 1. The average molecular weight is 293 g/mol. The maximum Gasteiger partial charge on any atom is 0.267 e. The van der Waals surface area contributed by atoms with Crippen LogP contribution in [0.25, 0.3) is 0 Å². The van der Waals surface area contributed by atoms with E-state index in [1.54, 1.807) is 0 Å². The van der Waals surface area contributed by atoms with Gasteiger partial charge in [0.2, 0.25) is 0 Å². The molecule has 0 bridgehead atoms. The van der Waals surface area contributed by atoms with Crippen molar-refractivity contribution in [1.82, 2.24) is 5.32 Å². The van der Waals surface area contributed by atoms with E-state index in [4.69, 9.17) is 0 Å². The van der Waals surface area contributed by atoms with Crippen molar-refractivity contribution < 1.29 is 4.79 Å². The maximum atomic E-state index is 12.1. The molecule has 2 aromatic rings. The van der Waals surface area contributed by atoms with Crippen molar-refractivity contribution in [3.05, 3.63) is 66.2 Å². The van der Waals surface area contributed by atoms with Crippen LogP contribution in [0.2, 0.25) is 0 Å². The van der Waals surface area contributed by atoms with Gasteiger partial charge in [-0.1, -0.05) is 48.5 Å². The Bertz CT molecular complexity index is 667. The second kappa shape index (κ2) is 6.43. The molecule has 0 fully saturated rings. The average Bonchev–Trinajstić information content (AvgIpc) is 3.02. The molecule has 3 rings (SSSR count). The minimum atomic E-state index is -0.0816. The zero-order valence-corrected chi connectivity index (χ0v) is 12.6. The number of carbonyl (C=O) groups is 1. The molecule has 22 heavy (non-hydrogen) atoms. The monoisotopic (exact) mass is 293 g/mol. The van der Waals surface area contributed by atoms with Crippen LogP contribution in [-0.2, 0) is 4.79 Å². The summed E-state index contributed by atoms with van der Waals surface area (Å²) in [6, 6.07) is 20.2. The summed E-state index contributed by atoms with van der Waals surface area (Å²) >= 11 is 0. The van der Waals surface area contributed by atoms with Crippen LogP contribution in [0.4, 0.5) is 5.69 Å². The van der Waals surface area contributed by atoms with Crippen molar-refractivity contribution in [3.63, 3.8) is 0 Å². The molecule has 1 atom stereocenters. The molecule has 1 N–H and O–H groups in total. The Morgan fingerprint density at radius 2 is 1.77 bits per heavy atom. The number of amides is 1. The van der Waals surface area contributed by atoms with Crippen molar-refractivity contribution in [2.45, 2.75) is 19.4 Å². The number of hydrogen-bond donors (Lipinski definition) is 1. The second-order valence-corrected chi connectivity index (χ2v) is 5.22. The molecule has 0 unspecified atom stereocenters. The number of rotatable bonds is 4. The molecule has 1 aliphatic heterocycles. The zero-order chi connectivity index (χ0) is 15.4. The molecule has 0 aromatic heterocycles. The number of hydrogen-bond acceptors (Lipinski definition) is 3. The van der Waals surface area contributed by atoms with Crippen LogP contribution in [0.3, 0.4) is 0 Å².